The Morgan fingerprint density at radius 3 is 1.29 bits per heavy atom. The maximum atomic E-state index is 14.2. The molecule has 1 radical (unpaired) electrons. The Bertz CT molecular complexity index is 814. The maximum absolute atomic E-state index is 14.2. The number of hydrogen-bond donors (Lipinski definition) is 0. The van der Waals surface area contributed by atoms with Gasteiger partial charge in [0.25, 0.3) is 0 Å². The first-order valence-electron chi connectivity index (χ1n) is 11.6. The van der Waals surface area contributed by atoms with Crippen molar-refractivity contribution >= 4 is 27.4 Å². The van der Waals surface area contributed by atoms with Gasteiger partial charge in [0.05, 0.1) is 0 Å². The van der Waals surface area contributed by atoms with Crippen LogP contribution in [0.2, 0.25) is 39.3 Å². The summed E-state index contributed by atoms with van der Waals surface area (Å²) in [5.74, 6) is 0. The molecule has 0 saturated carbocycles. The van der Waals surface area contributed by atoms with E-state index in [1.54, 1.807) is 0 Å². The summed E-state index contributed by atoms with van der Waals surface area (Å²) in [5.41, 5.74) is -0.792. The van der Waals surface area contributed by atoms with E-state index in [1.807, 2.05) is 20.8 Å². The van der Waals surface area contributed by atoms with Crippen molar-refractivity contribution in [3.8, 4) is 0 Å². The molecule has 10 heteroatoms. The van der Waals surface area contributed by atoms with E-state index in [0.29, 0.717) is 0 Å². The number of hydrogen-bond acceptors (Lipinski definition) is 3. The van der Waals surface area contributed by atoms with E-state index in [9.17, 15) is 14.4 Å². The number of carbonyl (C=O) groups is 3. The summed E-state index contributed by atoms with van der Waals surface area (Å²) in [4.78, 5) is 42.1. The van der Waals surface area contributed by atoms with Gasteiger partial charge in [-0.05, 0) is 0 Å². The molecule has 0 N–H and O–H groups in total. The van der Waals surface area contributed by atoms with Gasteiger partial charge >= 0.3 is 193 Å². The molecule has 0 aliphatic carbocycles. The minimum atomic E-state index is -5.03. The van der Waals surface area contributed by atoms with E-state index in [1.165, 1.54) is 0 Å². The second kappa shape index (κ2) is 6.68. The summed E-state index contributed by atoms with van der Waals surface area (Å²) in [6, 6.07) is 0. The Balaban J connectivity index is 3.14. The van der Waals surface area contributed by atoms with E-state index in [-0.39, 0.29) is 16.6 Å². The van der Waals surface area contributed by atoms with Crippen molar-refractivity contribution in [2.75, 3.05) is 0 Å². The first kappa shape index (κ1) is 27.5. The summed E-state index contributed by atoms with van der Waals surface area (Å²) < 4.78 is -3.58. The van der Waals surface area contributed by atoms with E-state index in [4.69, 9.17) is 5.32 Å². The molecule has 6 nitrogen and oxygen atoms in total. The van der Waals surface area contributed by atoms with E-state index >= 15 is 0 Å². The normalized spacial score (nSPS) is 24.4. The fourth-order valence-corrected chi connectivity index (χ4v) is 304. The first-order valence-corrected chi connectivity index (χ1v) is 40.4. The molecule has 177 valence electrons. The van der Waals surface area contributed by atoms with Gasteiger partial charge in [-0.2, -0.15) is 0 Å². The summed E-state index contributed by atoms with van der Waals surface area (Å²) in [5, 5.41) is 4.72. The van der Waals surface area contributed by atoms with E-state index < -0.39 is 51.3 Å². The van der Waals surface area contributed by atoms with Crippen LogP contribution in [-0.2, 0) is 0 Å². The van der Waals surface area contributed by atoms with E-state index in [2.05, 4.69) is 84.2 Å². The SMILES string of the molecule is CC(C)(C)[N]C(=O)[Si](C)(C)[La]12([N](C(C)(C)C)C(=O)[Si]1(C)C)[N](C(C)(C)C)C(=O)[Si]2(C)C. The van der Waals surface area contributed by atoms with Crippen LogP contribution in [0.1, 0.15) is 62.3 Å². The zero-order valence-electron chi connectivity index (χ0n) is 22.6. The molecule has 3 amide bonds. The molecular formula is C21H45LaN3O3Si3. The average Bonchev–Trinajstić information content (AvgIpc) is 2.48. The topological polar surface area (TPSA) is 71.8 Å². The molecule has 2 saturated heterocycles. The van der Waals surface area contributed by atoms with Crippen LogP contribution in [0, 0.1) is 23.9 Å². The van der Waals surface area contributed by atoms with Gasteiger partial charge in [0.1, 0.15) is 0 Å². The monoisotopic (exact) mass is 610 g/mol. The second-order valence-electron chi connectivity index (χ2n) is 14.8. The second-order valence-corrected chi connectivity index (χ2v) is 115. The third kappa shape index (κ3) is 2.66. The van der Waals surface area contributed by atoms with Gasteiger partial charge in [-0.25, -0.2) is 0 Å². The predicted octanol–water partition coefficient (Wildman–Crippen LogP) is 5.86. The summed E-state index contributed by atoms with van der Waals surface area (Å²) in [7, 11) is 0. The number of carbonyl (C=O) groups excluding carboxylic acids is 3. The van der Waals surface area contributed by atoms with Gasteiger partial charge in [0.2, 0.25) is 0 Å². The molecule has 0 aromatic heterocycles. The summed E-state index contributed by atoms with van der Waals surface area (Å²) >= 11 is -5.03. The molecule has 31 heavy (non-hydrogen) atoms. The molecular weight excluding hydrogens is 565 g/mol. The fourth-order valence-electron chi connectivity index (χ4n) is 8.97. The number of rotatable bonds is 2. The van der Waals surface area contributed by atoms with Crippen molar-refractivity contribution in [2.24, 2.45) is 0 Å². The van der Waals surface area contributed by atoms with Crippen LogP contribution in [0.3, 0.4) is 0 Å². The molecule has 0 atom stereocenters. The van der Waals surface area contributed by atoms with Crippen molar-refractivity contribution < 1.29 is 38.3 Å². The Kier molecular flexibility index (Phi) is 5.93. The molecule has 2 aliphatic rings. The Morgan fingerprint density at radius 2 is 1.06 bits per heavy atom. The predicted molar refractivity (Wildman–Crippen MR) is 134 cm³/mol. The van der Waals surface area contributed by atoms with E-state index in [0.717, 1.165) is 0 Å². The fraction of sp³-hybridized carbons (Fsp3) is 0.857. The third-order valence-electron chi connectivity index (χ3n) is 9.08. The molecule has 2 fully saturated rings. The third-order valence-corrected chi connectivity index (χ3v) is 226. The van der Waals surface area contributed by atoms with Crippen LogP contribution in [0.4, 0.5) is 14.4 Å². The van der Waals surface area contributed by atoms with Crippen molar-refractivity contribution in [1.82, 2.24) is 8.64 Å². The minimum absolute atomic E-state index is 0.0163. The van der Waals surface area contributed by atoms with Gasteiger partial charge in [0.15, 0.2) is 0 Å². The molecule has 2 heterocycles. The molecule has 0 aromatic carbocycles. The standard InChI is InChI=1S/2C7H16NOSi.C7H15NOSi.La/c3*1-7(2,3)8-6(9)10(4)5;/h2*1-5H3,(H,8,9);1-5H3;/q;;;+2/p-2. The Morgan fingerprint density at radius 1 is 0.774 bits per heavy atom. The van der Waals surface area contributed by atoms with Crippen LogP contribution in [-0.4, -0.2) is 47.3 Å². The quantitative estimate of drug-likeness (QED) is 0.368. The van der Waals surface area contributed by atoms with Crippen LogP contribution in [0.5, 0.6) is 0 Å². The average molecular weight is 611 g/mol. The molecule has 2 aliphatic heterocycles. The van der Waals surface area contributed by atoms with Gasteiger partial charge in [0, 0.05) is 0 Å². The van der Waals surface area contributed by atoms with Gasteiger partial charge in [-0.15, -0.1) is 0 Å². The van der Waals surface area contributed by atoms with Crippen molar-refractivity contribution in [3.63, 3.8) is 0 Å². The number of nitrogens with zero attached hydrogens (tertiary/aromatic N) is 3. The summed E-state index contributed by atoms with van der Waals surface area (Å²) in [6.45, 7) is 31.7. The zero-order valence-corrected chi connectivity index (χ0v) is 29.3. The molecule has 2 rings (SSSR count). The van der Waals surface area contributed by atoms with Gasteiger partial charge < -0.3 is 0 Å². The molecule has 0 unspecified atom stereocenters. The van der Waals surface area contributed by atoms with Crippen LogP contribution < -0.4 is 5.32 Å². The summed E-state index contributed by atoms with van der Waals surface area (Å²) in [6.07, 6.45) is 0. The molecule has 0 bridgehead atoms. The van der Waals surface area contributed by atoms with Crippen LogP contribution >= 0.6 is 0 Å². The van der Waals surface area contributed by atoms with Crippen LogP contribution in [0.15, 0.2) is 0 Å². The first-order chi connectivity index (χ1) is 13.3. The van der Waals surface area contributed by atoms with Gasteiger partial charge in [-0.1, -0.05) is 0 Å². The van der Waals surface area contributed by atoms with Crippen molar-refractivity contribution in [1.29, 1.82) is 0 Å². The molecule has 1 spiro atoms. The zero-order chi connectivity index (χ0) is 25.0. The number of amides is 3. The molecule has 0 aromatic rings. The van der Waals surface area contributed by atoms with Gasteiger partial charge in [-0.3, -0.25) is 0 Å². The van der Waals surface area contributed by atoms with Crippen molar-refractivity contribution in [2.45, 2.75) is 118 Å². The van der Waals surface area contributed by atoms with Crippen molar-refractivity contribution in [3.05, 3.63) is 0 Å². The van der Waals surface area contributed by atoms with Crippen LogP contribution in [0.25, 0.3) is 0 Å². The Hall–Kier alpha value is 0.255. The Labute approximate surface area is 191 Å².